The summed E-state index contributed by atoms with van der Waals surface area (Å²) < 4.78 is 60.7. The first-order valence-electron chi connectivity index (χ1n) is 7.52. The molecular formula is C17H12F3N3O3S. The topological polar surface area (TPSA) is 88.2 Å². The van der Waals surface area contributed by atoms with Crippen LogP contribution in [0.2, 0.25) is 0 Å². The van der Waals surface area contributed by atoms with E-state index in [0.717, 1.165) is 17.5 Å². The lowest BCUT2D eigenvalue weighted by molar-refractivity contribution is -0.0429. The van der Waals surface area contributed by atoms with Crippen LogP contribution in [0.5, 0.6) is 0 Å². The minimum atomic E-state index is -5.50. The number of nitrogens with zero attached hydrogens (tertiary/aromatic N) is 1. The predicted molar refractivity (Wildman–Crippen MR) is 94.7 cm³/mol. The van der Waals surface area contributed by atoms with E-state index in [2.05, 4.69) is 10.3 Å². The van der Waals surface area contributed by atoms with Crippen molar-refractivity contribution in [1.82, 2.24) is 4.98 Å². The van der Waals surface area contributed by atoms with Gasteiger partial charge in [-0.25, -0.2) is 0 Å². The molecule has 1 amide bonds. The number of sulfonamides is 1. The Morgan fingerprint density at radius 1 is 0.926 bits per heavy atom. The number of aromatic nitrogens is 1. The summed E-state index contributed by atoms with van der Waals surface area (Å²) in [4.78, 5) is 16.5. The predicted octanol–water partition coefficient (Wildman–Crippen LogP) is 3.75. The number of hydrogen-bond acceptors (Lipinski definition) is 4. The third-order valence-electron chi connectivity index (χ3n) is 3.59. The Morgan fingerprint density at radius 2 is 1.56 bits per heavy atom. The van der Waals surface area contributed by atoms with Gasteiger partial charge in [0, 0.05) is 23.0 Å². The zero-order chi connectivity index (χ0) is 19.7. The highest BCUT2D eigenvalue weighted by Gasteiger charge is 2.46. The lowest BCUT2D eigenvalue weighted by Gasteiger charge is -2.11. The molecule has 0 saturated heterocycles. The van der Waals surface area contributed by atoms with Crippen molar-refractivity contribution >= 4 is 38.1 Å². The zero-order valence-corrected chi connectivity index (χ0v) is 14.3. The number of halogens is 3. The molecule has 0 aliphatic rings. The minimum absolute atomic E-state index is 0.190. The molecule has 0 bridgehead atoms. The smallest absolute Gasteiger partial charge is 0.321 e. The van der Waals surface area contributed by atoms with Gasteiger partial charge in [-0.1, -0.05) is 24.3 Å². The Morgan fingerprint density at radius 3 is 2.22 bits per heavy atom. The number of hydrogen-bond donors (Lipinski definition) is 2. The van der Waals surface area contributed by atoms with Crippen molar-refractivity contribution in [3.05, 3.63) is 66.5 Å². The number of carbonyl (C=O) groups is 1. The monoisotopic (exact) mass is 395 g/mol. The first-order valence-corrected chi connectivity index (χ1v) is 9.00. The molecule has 0 spiro atoms. The van der Waals surface area contributed by atoms with Crippen LogP contribution in [0.25, 0.3) is 10.8 Å². The molecule has 0 saturated carbocycles. The number of alkyl halides is 3. The van der Waals surface area contributed by atoms with Crippen LogP contribution in [0.3, 0.4) is 0 Å². The standard InChI is InChI=1S/C17H12F3N3O3S/c18-17(19,20)27(25,26)23-13-7-5-12(6-8-13)22-16(24)15-14-4-2-1-3-11(14)9-10-21-15/h1-10,23H,(H,22,24). The second kappa shape index (κ2) is 6.88. The summed E-state index contributed by atoms with van der Waals surface area (Å²) in [6.07, 6.45) is 1.49. The molecule has 3 rings (SSSR count). The van der Waals surface area contributed by atoms with E-state index in [-0.39, 0.29) is 17.1 Å². The Kier molecular flexibility index (Phi) is 4.75. The molecule has 0 aliphatic carbocycles. The van der Waals surface area contributed by atoms with Gasteiger partial charge in [-0.2, -0.15) is 21.6 Å². The Hall–Kier alpha value is -3.14. The second-order valence-electron chi connectivity index (χ2n) is 5.46. The zero-order valence-electron chi connectivity index (χ0n) is 13.5. The Labute approximate surface area is 152 Å². The number of anilines is 2. The molecule has 1 aromatic heterocycles. The Balaban J connectivity index is 1.78. The van der Waals surface area contributed by atoms with Gasteiger partial charge in [0.1, 0.15) is 5.69 Å². The summed E-state index contributed by atoms with van der Waals surface area (Å²) in [5.41, 5.74) is -5.24. The van der Waals surface area contributed by atoms with E-state index in [0.29, 0.717) is 5.39 Å². The summed E-state index contributed by atoms with van der Waals surface area (Å²) >= 11 is 0. The van der Waals surface area contributed by atoms with Crippen LogP contribution in [-0.2, 0) is 10.0 Å². The molecule has 0 aliphatic heterocycles. The normalized spacial score (nSPS) is 12.0. The fraction of sp³-hybridized carbons (Fsp3) is 0.0588. The van der Waals surface area contributed by atoms with Crippen LogP contribution < -0.4 is 10.0 Å². The molecule has 0 radical (unpaired) electrons. The largest absolute Gasteiger partial charge is 0.516 e. The average Bonchev–Trinajstić information content (AvgIpc) is 2.61. The summed E-state index contributed by atoms with van der Waals surface area (Å²) in [6.45, 7) is 0. The summed E-state index contributed by atoms with van der Waals surface area (Å²) in [5.74, 6) is -0.504. The van der Waals surface area contributed by atoms with Crippen LogP contribution in [0.1, 0.15) is 10.5 Å². The second-order valence-corrected chi connectivity index (χ2v) is 7.14. The van der Waals surface area contributed by atoms with Gasteiger partial charge in [-0.15, -0.1) is 0 Å². The third-order valence-corrected chi connectivity index (χ3v) is 4.70. The number of carbonyl (C=O) groups excluding carboxylic acids is 1. The van der Waals surface area contributed by atoms with Crippen molar-refractivity contribution < 1.29 is 26.4 Å². The first kappa shape index (κ1) is 18.6. The molecule has 6 nitrogen and oxygen atoms in total. The lowest BCUT2D eigenvalue weighted by Crippen LogP contribution is -2.29. The van der Waals surface area contributed by atoms with E-state index in [1.54, 1.807) is 18.2 Å². The quantitative estimate of drug-likeness (QED) is 0.704. The number of benzene rings is 2. The molecule has 0 unspecified atom stereocenters. The van der Waals surface area contributed by atoms with E-state index in [1.807, 2.05) is 12.1 Å². The fourth-order valence-electron chi connectivity index (χ4n) is 2.33. The number of rotatable bonds is 4. The molecule has 0 atom stereocenters. The molecule has 10 heteroatoms. The number of amides is 1. The third kappa shape index (κ3) is 4.00. The molecule has 3 aromatic rings. The van der Waals surface area contributed by atoms with Crippen molar-refractivity contribution in [2.24, 2.45) is 0 Å². The van der Waals surface area contributed by atoms with E-state index in [1.165, 1.54) is 23.1 Å². The minimum Gasteiger partial charge on any atom is -0.321 e. The number of pyridine rings is 1. The van der Waals surface area contributed by atoms with E-state index < -0.39 is 21.4 Å². The van der Waals surface area contributed by atoms with Crippen molar-refractivity contribution in [3.8, 4) is 0 Å². The molecule has 2 N–H and O–H groups in total. The van der Waals surface area contributed by atoms with Crippen LogP contribution >= 0.6 is 0 Å². The summed E-state index contributed by atoms with van der Waals surface area (Å²) in [5, 5.41) is 4.04. The van der Waals surface area contributed by atoms with Crippen LogP contribution in [0.15, 0.2) is 60.8 Å². The highest BCUT2D eigenvalue weighted by Crippen LogP contribution is 2.26. The Bertz CT molecular complexity index is 1090. The fourth-order valence-corrected chi connectivity index (χ4v) is 2.89. The van der Waals surface area contributed by atoms with Crippen LogP contribution in [0, 0.1) is 0 Å². The highest BCUT2D eigenvalue weighted by molar-refractivity contribution is 7.93. The highest BCUT2D eigenvalue weighted by atomic mass is 32.2. The van der Waals surface area contributed by atoms with Crippen molar-refractivity contribution in [2.75, 3.05) is 10.0 Å². The molecule has 140 valence electrons. The maximum absolute atomic E-state index is 12.4. The first-order chi connectivity index (χ1) is 12.7. The molecule has 1 heterocycles. The molecule has 0 fully saturated rings. The summed E-state index contributed by atoms with van der Waals surface area (Å²) in [7, 11) is -5.50. The van der Waals surface area contributed by atoms with E-state index >= 15 is 0 Å². The molecule has 2 aromatic carbocycles. The van der Waals surface area contributed by atoms with Crippen molar-refractivity contribution in [2.45, 2.75) is 5.51 Å². The van der Waals surface area contributed by atoms with Gasteiger partial charge in [0.2, 0.25) is 0 Å². The van der Waals surface area contributed by atoms with Gasteiger partial charge in [-0.05, 0) is 35.7 Å². The van der Waals surface area contributed by atoms with Crippen LogP contribution in [0.4, 0.5) is 24.5 Å². The number of nitrogens with one attached hydrogen (secondary N) is 2. The lowest BCUT2D eigenvalue weighted by atomic mass is 10.1. The van der Waals surface area contributed by atoms with Gasteiger partial charge in [-0.3, -0.25) is 14.5 Å². The summed E-state index contributed by atoms with van der Waals surface area (Å²) in [6, 6.07) is 13.7. The van der Waals surface area contributed by atoms with Gasteiger partial charge in [0.15, 0.2) is 0 Å². The van der Waals surface area contributed by atoms with Gasteiger partial charge >= 0.3 is 15.5 Å². The van der Waals surface area contributed by atoms with Crippen LogP contribution in [-0.4, -0.2) is 24.8 Å². The van der Waals surface area contributed by atoms with E-state index in [4.69, 9.17) is 0 Å². The SMILES string of the molecule is O=C(Nc1ccc(NS(=O)(=O)C(F)(F)F)cc1)c1nccc2ccccc12. The van der Waals surface area contributed by atoms with Crippen molar-refractivity contribution in [3.63, 3.8) is 0 Å². The molecule has 27 heavy (non-hydrogen) atoms. The number of fused-ring (bicyclic) bond motifs is 1. The molecular weight excluding hydrogens is 383 g/mol. The van der Waals surface area contributed by atoms with E-state index in [9.17, 15) is 26.4 Å². The van der Waals surface area contributed by atoms with Crippen molar-refractivity contribution in [1.29, 1.82) is 0 Å². The maximum Gasteiger partial charge on any atom is 0.516 e. The van der Waals surface area contributed by atoms with Gasteiger partial charge in [0.05, 0.1) is 0 Å². The average molecular weight is 395 g/mol. The van der Waals surface area contributed by atoms with Gasteiger partial charge < -0.3 is 5.32 Å². The van der Waals surface area contributed by atoms with Gasteiger partial charge in [0.25, 0.3) is 5.91 Å². The maximum atomic E-state index is 12.4.